The first-order valence-corrected chi connectivity index (χ1v) is 9.56. The third-order valence-electron chi connectivity index (χ3n) is 3.73. The number of nitrogens with one attached hydrogen (secondary N) is 2. The van der Waals surface area contributed by atoms with Crippen molar-refractivity contribution in [2.45, 2.75) is 23.9 Å². The quantitative estimate of drug-likeness (QED) is 0.521. The summed E-state index contributed by atoms with van der Waals surface area (Å²) >= 11 is 1.14. The summed E-state index contributed by atoms with van der Waals surface area (Å²) in [6, 6.07) is 15.8. The fourth-order valence-corrected chi connectivity index (χ4v) is 3.07. The lowest BCUT2D eigenvalue weighted by atomic mass is 10.2. The minimum Gasteiger partial charge on any atom is -0.433 e. The SMILES string of the molecule is CC(Sc1n[nH]c(/C=C/c2ccccc2)n1)C(=O)Nc1ccccc1OC(F)F. The highest BCUT2D eigenvalue weighted by Crippen LogP contribution is 2.27. The van der Waals surface area contributed by atoms with Gasteiger partial charge in [-0.3, -0.25) is 9.89 Å². The van der Waals surface area contributed by atoms with Crippen molar-refractivity contribution < 1.29 is 18.3 Å². The Labute approximate surface area is 170 Å². The highest BCUT2D eigenvalue weighted by molar-refractivity contribution is 8.00. The standard InChI is InChI=1S/C20H18F2N4O2S/c1-13(18(27)23-15-9-5-6-10-16(15)28-19(21)22)29-20-24-17(25-26-20)12-11-14-7-3-2-4-8-14/h2-13,19H,1H3,(H,23,27)(H,24,25,26)/b12-11+. The van der Waals surface area contributed by atoms with Crippen molar-refractivity contribution in [2.75, 3.05) is 5.32 Å². The molecule has 0 spiro atoms. The molecule has 0 bridgehead atoms. The molecule has 2 N–H and O–H groups in total. The van der Waals surface area contributed by atoms with Crippen molar-refractivity contribution >= 4 is 35.5 Å². The van der Waals surface area contributed by atoms with Crippen LogP contribution in [0.3, 0.4) is 0 Å². The average molecular weight is 416 g/mol. The number of carbonyl (C=O) groups is 1. The van der Waals surface area contributed by atoms with Gasteiger partial charge in [-0.15, -0.1) is 5.10 Å². The highest BCUT2D eigenvalue weighted by Gasteiger charge is 2.19. The molecule has 0 radical (unpaired) electrons. The summed E-state index contributed by atoms with van der Waals surface area (Å²) in [7, 11) is 0. The van der Waals surface area contributed by atoms with Crippen LogP contribution in [0, 0.1) is 0 Å². The zero-order valence-corrected chi connectivity index (χ0v) is 16.2. The van der Waals surface area contributed by atoms with E-state index >= 15 is 0 Å². The molecule has 150 valence electrons. The zero-order valence-electron chi connectivity index (χ0n) is 15.4. The average Bonchev–Trinajstić information content (AvgIpc) is 3.15. The van der Waals surface area contributed by atoms with Gasteiger partial charge in [0.25, 0.3) is 0 Å². The highest BCUT2D eigenvalue weighted by atomic mass is 32.2. The van der Waals surface area contributed by atoms with Crippen LogP contribution in [0.25, 0.3) is 12.2 Å². The Morgan fingerprint density at radius 2 is 1.86 bits per heavy atom. The first kappa shape index (κ1) is 20.5. The number of nitrogens with zero attached hydrogens (tertiary/aromatic N) is 2. The number of anilines is 1. The summed E-state index contributed by atoms with van der Waals surface area (Å²) in [6.45, 7) is -1.30. The maximum atomic E-state index is 12.5. The second-order valence-electron chi connectivity index (χ2n) is 5.87. The van der Waals surface area contributed by atoms with E-state index in [0.29, 0.717) is 11.0 Å². The van der Waals surface area contributed by atoms with Gasteiger partial charge in [0.05, 0.1) is 10.9 Å². The maximum absolute atomic E-state index is 12.5. The lowest BCUT2D eigenvalue weighted by Crippen LogP contribution is -2.23. The van der Waals surface area contributed by atoms with Crippen LogP contribution in [0.2, 0.25) is 0 Å². The molecule has 1 heterocycles. The van der Waals surface area contributed by atoms with E-state index in [1.54, 1.807) is 25.1 Å². The van der Waals surface area contributed by atoms with Gasteiger partial charge in [0, 0.05) is 0 Å². The van der Waals surface area contributed by atoms with Crippen molar-refractivity contribution in [1.82, 2.24) is 15.2 Å². The number of ether oxygens (including phenoxy) is 1. The summed E-state index contributed by atoms with van der Waals surface area (Å²) in [4.78, 5) is 16.7. The van der Waals surface area contributed by atoms with Gasteiger partial charge in [0.1, 0.15) is 11.6 Å². The molecule has 0 aliphatic rings. The number of aromatic amines is 1. The first-order valence-electron chi connectivity index (χ1n) is 8.68. The zero-order chi connectivity index (χ0) is 20.6. The number of benzene rings is 2. The largest absolute Gasteiger partial charge is 0.433 e. The molecular formula is C20H18F2N4O2S. The molecule has 29 heavy (non-hydrogen) atoms. The van der Waals surface area contributed by atoms with Crippen molar-refractivity contribution in [2.24, 2.45) is 0 Å². The van der Waals surface area contributed by atoms with Gasteiger partial charge in [0.2, 0.25) is 11.1 Å². The summed E-state index contributed by atoms with van der Waals surface area (Å²) in [5.41, 5.74) is 1.20. The first-order chi connectivity index (χ1) is 14.0. The molecule has 0 aliphatic carbocycles. The predicted octanol–water partition coefficient (Wildman–Crippen LogP) is 4.70. The van der Waals surface area contributed by atoms with Gasteiger partial charge in [0.15, 0.2) is 0 Å². The van der Waals surface area contributed by atoms with E-state index < -0.39 is 11.9 Å². The third-order valence-corrected chi connectivity index (χ3v) is 4.69. The third kappa shape index (κ3) is 6.15. The fourth-order valence-electron chi connectivity index (χ4n) is 2.34. The maximum Gasteiger partial charge on any atom is 0.387 e. The number of amides is 1. The summed E-state index contributed by atoms with van der Waals surface area (Å²) in [5, 5.41) is 9.32. The molecule has 0 saturated carbocycles. The van der Waals surface area contributed by atoms with Crippen molar-refractivity contribution in [3.63, 3.8) is 0 Å². The smallest absolute Gasteiger partial charge is 0.387 e. The van der Waals surface area contributed by atoms with E-state index in [1.165, 1.54) is 12.1 Å². The number of rotatable bonds is 8. The number of alkyl halides is 2. The van der Waals surface area contributed by atoms with Crippen LogP contribution >= 0.6 is 11.8 Å². The van der Waals surface area contributed by atoms with Gasteiger partial charge in [-0.05, 0) is 30.7 Å². The molecule has 3 aromatic rings. The Morgan fingerprint density at radius 3 is 2.62 bits per heavy atom. The van der Waals surface area contributed by atoms with Crippen LogP contribution in [-0.4, -0.2) is 32.9 Å². The molecule has 0 saturated heterocycles. The van der Waals surface area contributed by atoms with Crippen molar-refractivity contribution in [3.8, 4) is 5.75 Å². The van der Waals surface area contributed by atoms with Crippen LogP contribution in [-0.2, 0) is 4.79 Å². The van der Waals surface area contributed by atoms with Crippen LogP contribution in [0.1, 0.15) is 18.3 Å². The number of H-pyrrole nitrogens is 1. The molecule has 9 heteroatoms. The molecule has 1 amide bonds. The fraction of sp³-hybridized carbons (Fsp3) is 0.150. The summed E-state index contributed by atoms with van der Waals surface area (Å²) in [5.74, 6) is 0.0745. The summed E-state index contributed by atoms with van der Waals surface area (Å²) < 4.78 is 29.4. The molecule has 0 aliphatic heterocycles. The van der Waals surface area contributed by atoms with E-state index in [4.69, 9.17) is 0 Å². The van der Waals surface area contributed by atoms with Gasteiger partial charge in [-0.25, -0.2) is 4.98 Å². The number of thioether (sulfide) groups is 1. The lowest BCUT2D eigenvalue weighted by molar-refractivity contribution is -0.115. The topological polar surface area (TPSA) is 79.9 Å². The molecule has 1 aromatic heterocycles. The van der Waals surface area contributed by atoms with E-state index in [1.807, 2.05) is 36.4 Å². The molecule has 1 unspecified atom stereocenters. The van der Waals surface area contributed by atoms with Gasteiger partial charge >= 0.3 is 6.61 Å². The second-order valence-corrected chi connectivity index (χ2v) is 7.18. The van der Waals surface area contributed by atoms with Gasteiger partial charge < -0.3 is 10.1 Å². The van der Waals surface area contributed by atoms with Crippen molar-refractivity contribution in [1.29, 1.82) is 0 Å². The number of halogens is 2. The predicted molar refractivity (Wildman–Crippen MR) is 109 cm³/mol. The number of hydrogen-bond donors (Lipinski definition) is 2. The normalized spacial score (nSPS) is 12.3. The number of para-hydroxylation sites is 2. The Morgan fingerprint density at radius 1 is 1.14 bits per heavy atom. The van der Waals surface area contributed by atoms with Crippen LogP contribution in [0.5, 0.6) is 5.75 Å². The molecule has 1 atom stereocenters. The monoisotopic (exact) mass is 416 g/mol. The Hall–Kier alpha value is -3.20. The molecular weight excluding hydrogens is 398 g/mol. The lowest BCUT2D eigenvalue weighted by Gasteiger charge is -2.13. The van der Waals surface area contributed by atoms with Gasteiger partial charge in [-0.1, -0.05) is 60.3 Å². The number of hydrogen-bond acceptors (Lipinski definition) is 5. The van der Waals surface area contributed by atoms with Crippen molar-refractivity contribution in [3.05, 3.63) is 66.0 Å². The van der Waals surface area contributed by atoms with E-state index in [0.717, 1.165) is 17.3 Å². The Kier molecular flexibility index (Phi) is 6.96. The van der Waals surface area contributed by atoms with E-state index in [2.05, 4.69) is 25.2 Å². The second kappa shape index (κ2) is 9.83. The Balaban J connectivity index is 1.59. The molecule has 2 aromatic carbocycles. The van der Waals surface area contributed by atoms with E-state index in [-0.39, 0.29) is 17.3 Å². The Bertz CT molecular complexity index is 979. The number of aromatic nitrogens is 3. The minimum absolute atomic E-state index is 0.0979. The minimum atomic E-state index is -2.98. The molecule has 3 rings (SSSR count). The molecule has 0 fully saturated rings. The van der Waals surface area contributed by atoms with Crippen LogP contribution < -0.4 is 10.1 Å². The van der Waals surface area contributed by atoms with Crippen LogP contribution in [0.4, 0.5) is 14.5 Å². The van der Waals surface area contributed by atoms with Gasteiger partial charge in [-0.2, -0.15) is 8.78 Å². The molecule has 6 nitrogen and oxygen atoms in total. The number of carbonyl (C=O) groups excluding carboxylic acids is 1. The van der Waals surface area contributed by atoms with Crippen LogP contribution in [0.15, 0.2) is 59.8 Å². The van der Waals surface area contributed by atoms with E-state index in [9.17, 15) is 13.6 Å². The summed E-state index contributed by atoms with van der Waals surface area (Å²) in [6.07, 6.45) is 3.68.